The molecule has 16 heavy (non-hydrogen) atoms. The Morgan fingerprint density at radius 1 is 1.38 bits per heavy atom. The molecular formula is C13H22BrNS. The third kappa shape index (κ3) is 5.46. The first-order valence-corrected chi connectivity index (χ1v) is 7.45. The fourth-order valence-electron chi connectivity index (χ4n) is 1.68. The standard InChI is InChI=1S/C13H22BrNS/c1-10(2)8-15-9-13(3,4)7-11-5-6-12(14)16-11/h5-6,10,15H,7-9H2,1-4H3. The average molecular weight is 304 g/mol. The number of hydrogen-bond acceptors (Lipinski definition) is 2. The molecule has 1 N–H and O–H groups in total. The average Bonchev–Trinajstić information content (AvgIpc) is 2.48. The molecule has 0 bridgehead atoms. The van der Waals surface area contributed by atoms with E-state index >= 15 is 0 Å². The van der Waals surface area contributed by atoms with Gasteiger partial charge in [0.15, 0.2) is 0 Å². The Morgan fingerprint density at radius 2 is 2.06 bits per heavy atom. The summed E-state index contributed by atoms with van der Waals surface area (Å²) in [7, 11) is 0. The molecule has 0 amide bonds. The minimum absolute atomic E-state index is 0.333. The van der Waals surface area contributed by atoms with E-state index < -0.39 is 0 Å². The first kappa shape index (κ1) is 14.2. The van der Waals surface area contributed by atoms with Crippen LogP contribution in [0.25, 0.3) is 0 Å². The molecule has 0 aliphatic carbocycles. The molecular weight excluding hydrogens is 282 g/mol. The van der Waals surface area contributed by atoms with Crippen LogP contribution in [-0.4, -0.2) is 13.1 Å². The molecule has 0 radical (unpaired) electrons. The Hall–Kier alpha value is 0.140. The van der Waals surface area contributed by atoms with Gasteiger partial charge in [-0.25, -0.2) is 0 Å². The number of hydrogen-bond donors (Lipinski definition) is 1. The largest absolute Gasteiger partial charge is 0.316 e. The maximum absolute atomic E-state index is 3.55. The zero-order chi connectivity index (χ0) is 12.2. The van der Waals surface area contributed by atoms with Crippen molar-refractivity contribution >= 4 is 27.3 Å². The van der Waals surface area contributed by atoms with Gasteiger partial charge in [-0.2, -0.15) is 0 Å². The summed E-state index contributed by atoms with van der Waals surface area (Å²) in [6.45, 7) is 11.3. The summed E-state index contributed by atoms with van der Waals surface area (Å²) in [4.78, 5) is 1.46. The van der Waals surface area contributed by atoms with E-state index in [1.165, 1.54) is 8.66 Å². The van der Waals surface area contributed by atoms with Crippen LogP contribution in [0.3, 0.4) is 0 Å². The second kappa shape index (κ2) is 6.18. The lowest BCUT2D eigenvalue weighted by Crippen LogP contribution is -2.33. The first-order valence-electron chi connectivity index (χ1n) is 5.84. The van der Waals surface area contributed by atoms with Crippen molar-refractivity contribution < 1.29 is 0 Å². The van der Waals surface area contributed by atoms with Gasteiger partial charge in [0.1, 0.15) is 0 Å². The van der Waals surface area contributed by atoms with Crippen LogP contribution >= 0.6 is 27.3 Å². The van der Waals surface area contributed by atoms with Crippen molar-refractivity contribution in [1.29, 1.82) is 0 Å². The summed E-state index contributed by atoms with van der Waals surface area (Å²) in [5, 5.41) is 3.55. The number of thiophene rings is 1. The van der Waals surface area contributed by atoms with E-state index in [9.17, 15) is 0 Å². The minimum Gasteiger partial charge on any atom is -0.316 e. The molecule has 92 valence electrons. The Bertz CT molecular complexity index is 317. The van der Waals surface area contributed by atoms with Gasteiger partial charge < -0.3 is 5.32 Å². The zero-order valence-electron chi connectivity index (χ0n) is 10.6. The molecule has 1 aromatic heterocycles. The summed E-state index contributed by atoms with van der Waals surface area (Å²) >= 11 is 5.36. The third-order valence-electron chi connectivity index (χ3n) is 2.44. The van der Waals surface area contributed by atoms with Crippen LogP contribution < -0.4 is 5.32 Å². The summed E-state index contributed by atoms with van der Waals surface area (Å²) in [5.74, 6) is 0.728. The predicted octanol–water partition coefficient (Wildman–Crippen LogP) is 4.32. The molecule has 1 nitrogen and oxygen atoms in total. The van der Waals surface area contributed by atoms with Gasteiger partial charge in [-0.1, -0.05) is 27.7 Å². The Morgan fingerprint density at radius 3 is 2.56 bits per heavy atom. The van der Waals surface area contributed by atoms with Gasteiger partial charge in [-0.3, -0.25) is 0 Å². The molecule has 0 saturated carbocycles. The molecule has 0 atom stereocenters. The van der Waals surface area contributed by atoms with Crippen molar-refractivity contribution in [3.8, 4) is 0 Å². The molecule has 0 unspecified atom stereocenters. The first-order chi connectivity index (χ1) is 7.39. The SMILES string of the molecule is CC(C)CNCC(C)(C)Cc1ccc(Br)s1. The van der Waals surface area contributed by atoms with E-state index in [-0.39, 0.29) is 0 Å². The van der Waals surface area contributed by atoms with Crippen molar-refractivity contribution in [3.05, 3.63) is 20.8 Å². The normalized spacial score (nSPS) is 12.4. The van der Waals surface area contributed by atoms with Crippen LogP contribution in [0.2, 0.25) is 0 Å². The Kier molecular flexibility index (Phi) is 5.48. The minimum atomic E-state index is 0.333. The van der Waals surface area contributed by atoms with Crippen molar-refractivity contribution in [2.75, 3.05) is 13.1 Å². The highest BCUT2D eigenvalue weighted by atomic mass is 79.9. The van der Waals surface area contributed by atoms with E-state index in [0.29, 0.717) is 5.41 Å². The lowest BCUT2D eigenvalue weighted by molar-refractivity contribution is 0.332. The van der Waals surface area contributed by atoms with Crippen molar-refractivity contribution in [2.24, 2.45) is 11.3 Å². The van der Waals surface area contributed by atoms with Gasteiger partial charge in [0.05, 0.1) is 3.79 Å². The second-order valence-corrected chi connectivity index (χ2v) is 8.12. The zero-order valence-corrected chi connectivity index (χ0v) is 13.0. The molecule has 0 saturated heterocycles. The number of nitrogens with one attached hydrogen (secondary N) is 1. The monoisotopic (exact) mass is 303 g/mol. The van der Waals surface area contributed by atoms with Crippen LogP contribution in [0.4, 0.5) is 0 Å². The molecule has 0 spiro atoms. The van der Waals surface area contributed by atoms with Gasteiger partial charge in [0.2, 0.25) is 0 Å². The fraction of sp³-hybridized carbons (Fsp3) is 0.692. The Labute approximate surface area is 112 Å². The van der Waals surface area contributed by atoms with Crippen LogP contribution in [0, 0.1) is 11.3 Å². The smallest absolute Gasteiger partial charge is 0.0701 e. The van der Waals surface area contributed by atoms with Gasteiger partial charge in [0.25, 0.3) is 0 Å². The molecule has 1 aromatic rings. The van der Waals surface area contributed by atoms with E-state index in [2.05, 4.69) is 61.1 Å². The third-order valence-corrected chi connectivity index (χ3v) is 4.06. The quantitative estimate of drug-likeness (QED) is 0.825. The summed E-state index contributed by atoms with van der Waals surface area (Å²) in [5.41, 5.74) is 0.333. The van der Waals surface area contributed by atoms with Crippen molar-refractivity contribution in [2.45, 2.75) is 34.1 Å². The van der Waals surface area contributed by atoms with Crippen LogP contribution in [0.5, 0.6) is 0 Å². The van der Waals surface area contributed by atoms with E-state index in [0.717, 1.165) is 25.4 Å². The number of halogens is 1. The lowest BCUT2D eigenvalue weighted by atomic mass is 9.88. The molecule has 0 aliphatic heterocycles. The lowest BCUT2D eigenvalue weighted by Gasteiger charge is -2.25. The topological polar surface area (TPSA) is 12.0 Å². The fourth-order valence-corrected chi connectivity index (χ4v) is 3.42. The van der Waals surface area contributed by atoms with Crippen molar-refractivity contribution in [1.82, 2.24) is 5.32 Å². The summed E-state index contributed by atoms with van der Waals surface area (Å²) in [6, 6.07) is 4.36. The van der Waals surface area contributed by atoms with Gasteiger partial charge in [0, 0.05) is 11.4 Å². The van der Waals surface area contributed by atoms with Gasteiger partial charge >= 0.3 is 0 Å². The molecule has 0 aliphatic rings. The predicted molar refractivity (Wildman–Crippen MR) is 77.2 cm³/mol. The van der Waals surface area contributed by atoms with Gasteiger partial charge in [-0.05, 0) is 52.4 Å². The van der Waals surface area contributed by atoms with Gasteiger partial charge in [-0.15, -0.1) is 11.3 Å². The second-order valence-electron chi connectivity index (χ2n) is 5.57. The van der Waals surface area contributed by atoms with Crippen molar-refractivity contribution in [3.63, 3.8) is 0 Å². The molecule has 1 rings (SSSR count). The molecule has 3 heteroatoms. The molecule has 1 heterocycles. The van der Waals surface area contributed by atoms with E-state index in [1.54, 1.807) is 0 Å². The summed E-state index contributed by atoms with van der Waals surface area (Å²) < 4.78 is 1.23. The highest BCUT2D eigenvalue weighted by Gasteiger charge is 2.19. The van der Waals surface area contributed by atoms with E-state index in [1.807, 2.05) is 11.3 Å². The molecule has 0 aromatic carbocycles. The maximum Gasteiger partial charge on any atom is 0.0701 e. The molecule has 0 fully saturated rings. The maximum atomic E-state index is 3.55. The Balaban J connectivity index is 2.39. The van der Waals surface area contributed by atoms with Crippen LogP contribution in [0.15, 0.2) is 15.9 Å². The van der Waals surface area contributed by atoms with Crippen LogP contribution in [0.1, 0.15) is 32.6 Å². The van der Waals surface area contributed by atoms with E-state index in [4.69, 9.17) is 0 Å². The highest BCUT2D eigenvalue weighted by molar-refractivity contribution is 9.11. The van der Waals surface area contributed by atoms with Crippen LogP contribution in [-0.2, 0) is 6.42 Å². The summed E-state index contributed by atoms with van der Waals surface area (Å²) in [6.07, 6.45) is 1.15. The highest BCUT2D eigenvalue weighted by Crippen LogP contribution is 2.28. The number of rotatable bonds is 6.